The summed E-state index contributed by atoms with van der Waals surface area (Å²) in [5.41, 5.74) is 0. The Hall–Kier alpha value is 0.430. The molecule has 0 radical (unpaired) electrons. The van der Waals surface area contributed by atoms with Crippen LogP contribution in [0.2, 0.25) is 0 Å². The molecule has 0 nitrogen and oxygen atoms in total. The van der Waals surface area contributed by atoms with Gasteiger partial charge < -0.3 is 0 Å². The van der Waals surface area contributed by atoms with Crippen molar-refractivity contribution in [2.24, 2.45) is 5.92 Å². The zero-order valence-electron chi connectivity index (χ0n) is 9.03. The minimum atomic E-state index is 0.957. The normalized spacial score (nSPS) is 14.2. The van der Waals surface area contributed by atoms with Crippen molar-refractivity contribution in [1.29, 1.82) is 0 Å². The van der Waals surface area contributed by atoms with Crippen LogP contribution in [0.25, 0.3) is 0 Å². The molecule has 0 saturated carbocycles. The monoisotopic (exact) mass is 188 g/mol. The van der Waals surface area contributed by atoms with Crippen LogP contribution in [-0.2, 0) is 0 Å². The van der Waals surface area contributed by atoms with Gasteiger partial charge in [0.05, 0.1) is 0 Å². The fourth-order valence-electron chi connectivity index (χ4n) is 1.35. The smallest absolute Gasteiger partial charge is 0.0356 e. The van der Waals surface area contributed by atoms with E-state index in [1.54, 1.807) is 0 Å². The summed E-state index contributed by atoms with van der Waals surface area (Å²) in [5, 5.41) is 0. The third-order valence-electron chi connectivity index (χ3n) is 2.57. The second-order valence-corrected chi connectivity index (χ2v) is 5.03. The lowest BCUT2D eigenvalue weighted by molar-refractivity contribution is 0.477. The van der Waals surface area contributed by atoms with Gasteiger partial charge in [-0.15, -0.1) is 8.58 Å². The maximum atomic E-state index is 2.37. The average Bonchev–Trinajstić information content (AvgIpc) is 2.10. The number of hydrogen-bond donors (Lipinski definition) is 0. The molecule has 0 aromatic carbocycles. The minimum absolute atomic E-state index is 0.957. The summed E-state index contributed by atoms with van der Waals surface area (Å²) in [6.45, 7) is 6.97. The lowest BCUT2D eigenvalue weighted by Gasteiger charge is -2.06. The zero-order valence-corrected chi connectivity index (χ0v) is 10.0. The van der Waals surface area contributed by atoms with Crippen molar-refractivity contribution in [2.75, 3.05) is 12.8 Å². The van der Waals surface area contributed by atoms with Gasteiger partial charge in [-0.1, -0.05) is 46.0 Å². The van der Waals surface area contributed by atoms with Gasteiger partial charge in [-0.3, -0.25) is 0 Å². The first-order valence-corrected chi connectivity index (χ1v) is 7.16. The van der Waals surface area contributed by atoms with Crippen LogP contribution in [0, 0.1) is 5.92 Å². The standard InChI is InChI=1S/C11H25P/c1-4-11(2)9-7-5-6-8-10-12-3/h11-12H,4-10H2,1-3H3. The average molecular weight is 188 g/mol. The fraction of sp³-hybridized carbons (Fsp3) is 1.00. The molecule has 0 aliphatic rings. The molecule has 0 spiro atoms. The Balaban J connectivity index is 2.90. The van der Waals surface area contributed by atoms with Crippen molar-refractivity contribution >= 4 is 8.58 Å². The van der Waals surface area contributed by atoms with Crippen molar-refractivity contribution in [3.63, 3.8) is 0 Å². The fourth-order valence-corrected chi connectivity index (χ4v) is 1.96. The molecular weight excluding hydrogens is 163 g/mol. The third-order valence-corrected chi connectivity index (χ3v) is 3.42. The molecule has 0 aromatic rings. The van der Waals surface area contributed by atoms with E-state index < -0.39 is 0 Å². The molecule has 0 saturated heterocycles. The predicted molar refractivity (Wildman–Crippen MR) is 61.6 cm³/mol. The van der Waals surface area contributed by atoms with Crippen LogP contribution in [-0.4, -0.2) is 12.8 Å². The van der Waals surface area contributed by atoms with E-state index in [0.717, 1.165) is 5.92 Å². The molecule has 2 unspecified atom stereocenters. The van der Waals surface area contributed by atoms with Crippen LogP contribution >= 0.6 is 8.58 Å². The Morgan fingerprint density at radius 3 is 2.33 bits per heavy atom. The number of rotatable bonds is 8. The molecule has 2 atom stereocenters. The molecule has 0 N–H and O–H groups in total. The molecule has 0 aliphatic heterocycles. The highest BCUT2D eigenvalue weighted by Gasteiger charge is 1.97. The molecular formula is C11H25P. The summed E-state index contributed by atoms with van der Waals surface area (Å²) < 4.78 is 0. The Morgan fingerprint density at radius 2 is 1.75 bits per heavy atom. The van der Waals surface area contributed by atoms with E-state index in [1.807, 2.05) is 0 Å². The maximum absolute atomic E-state index is 2.37. The van der Waals surface area contributed by atoms with E-state index in [0.29, 0.717) is 0 Å². The van der Waals surface area contributed by atoms with Gasteiger partial charge in [0.15, 0.2) is 0 Å². The molecule has 0 bridgehead atoms. The zero-order chi connectivity index (χ0) is 9.23. The van der Waals surface area contributed by atoms with Gasteiger partial charge in [-0.05, 0) is 25.2 Å². The van der Waals surface area contributed by atoms with Crippen LogP contribution in [0.1, 0.15) is 52.4 Å². The van der Waals surface area contributed by atoms with Crippen LogP contribution in [0.3, 0.4) is 0 Å². The first-order chi connectivity index (χ1) is 5.81. The first-order valence-electron chi connectivity index (χ1n) is 5.45. The van der Waals surface area contributed by atoms with E-state index in [1.165, 1.54) is 53.3 Å². The Bertz CT molecular complexity index is 81.1. The lowest BCUT2D eigenvalue weighted by Crippen LogP contribution is -1.91. The quantitative estimate of drug-likeness (QED) is 0.393. The highest BCUT2D eigenvalue weighted by Crippen LogP contribution is 2.14. The topological polar surface area (TPSA) is 0 Å². The highest BCUT2D eigenvalue weighted by atomic mass is 31.1. The van der Waals surface area contributed by atoms with Crippen LogP contribution in [0.15, 0.2) is 0 Å². The molecule has 0 aliphatic carbocycles. The predicted octanol–water partition coefficient (Wildman–Crippen LogP) is 4.29. The molecule has 0 rings (SSSR count). The largest absolute Gasteiger partial charge is 0.125 e. The van der Waals surface area contributed by atoms with Gasteiger partial charge >= 0.3 is 0 Å². The van der Waals surface area contributed by atoms with E-state index in [4.69, 9.17) is 0 Å². The van der Waals surface area contributed by atoms with Gasteiger partial charge in [0.2, 0.25) is 0 Å². The Kier molecular flexibility index (Phi) is 9.86. The van der Waals surface area contributed by atoms with E-state index >= 15 is 0 Å². The van der Waals surface area contributed by atoms with Crippen LogP contribution in [0.4, 0.5) is 0 Å². The molecule has 0 heterocycles. The summed E-state index contributed by atoms with van der Waals surface area (Å²) in [4.78, 5) is 0. The van der Waals surface area contributed by atoms with Gasteiger partial charge in [0, 0.05) is 0 Å². The minimum Gasteiger partial charge on any atom is -0.125 e. The Labute approximate surface area is 80.3 Å². The van der Waals surface area contributed by atoms with Crippen molar-refractivity contribution in [1.82, 2.24) is 0 Å². The molecule has 1 heteroatoms. The molecule has 0 aromatic heterocycles. The van der Waals surface area contributed by atoms with Gasteiger partial charge in [-0.2, -0.15) is 0 Å². The van der Waals surface area contributed by atoms with Crippen LogP contribution < -0.4 is 0 Å². The van der Waals surface area contributed by atoms with Gasteiger partial charge in [-0.25, -0.2) is 0 Å². The second-order valence-electron chi connectivity index (χ2n) is 3.82. The Morgan fingerprint density at radius 1 is 1.08 bits per heavy atom. The highest BCUT2D eigenvalue weighted by molar-refractivity contribution is 7.36. The summed E-state index contributed by atoms with van der Waals surface area (Å²) >= 11 is 0. The number of unbranched alkanes of at least 4 members (excludes halogenated alkanes) is 3. The van der Waals surface area contributed by atoms with Crippen molar-refractivity contribution < 1.29 is 0 Å². The third kappa shape index (κ3) is 8.53. The van der Waals surface area contributed by atoms with E-state index in [-0.39, 0.29) is 0 Å². The number of hydrogen-bond acceptors (Lipinski definition) is 0. The second kappa shape index (κ2) is 9.52. The van der Waals surface area contributed by atoms with Crippen molar-refractivity contribution in [3.05, 3.63) is 0 Å². The van der Waals surface area contributed by atoms with Crippen molar-refractivity contribution in [3.8, 4) is 0 Å². The van der Waals surface area contributed by atoms with Gasteiger partial charge in [0.25, 0.3) is 0 Å². The summed E-state index contributed by atoms with van der Waals surface area (Å²) in [6, 6.07) is 0. The molecule has 0 fully saturated rings. The SMILES string of the molecule is CCC(C)CCCCCCPC. The van der Waals surface area contributed by atoms with Crippen molar-refractivity contribution in [2.45, 2.75) is 52.4 Å². The van der Waals surface area contributed by atoms with E-state index in [9.17, 15) is 0 Å². The van der Waals surface area contributed by atoms with Crippen LogP contribution in [0.5, 0.6) is 0 Å². The van der Waals surface area contributed by atoms with E-state index in [2.05, 4.69) is 20.5 Å². The molecule has 0 amide bonds. The summed E-state index contributed by atoms with van der Waals surface area (Å²) in [5.74, 6) is 0.957. The molecule has 74 valence electrons. The van der Waals surface area contributed by atoms with Gasteiger partial charge in [0.1, 0.15) is 0 Å². The molecule has 12 heavy (non-hydrogen) atoms. The summed E-state index contributed by atoms with van der Waals surface area (Å²) in [7, 11) is 1.17. The lowest BCUT2D eigenvalue weighted by atomic mass is 10.0. The first kappa shape index (κ1) is 12.4. The summed E-state index contributed by atoms with van der Waals surface area (Å²) in [6.07, 6.45) is 10.1. The maximum Gasteiger partial charge on any atom is -0.0356 e.